The summed E-state index contributed by atoms with van der Waals surface area (Å²) in [4.78, 5) is 3.20. The first-order valence-electron chi connectivity index (χ1n) is 4.50. The third-order valence-corrected chi connectivity index (χ3v) is 1.93. The van der Waals surface area contributed by atoms with Crippen molar-refractivity contribution in [2.75, 3.05) is 7.11 Å². The Kier molecular flexibility index (Phi) is 3.88. The van der Waals surface area contributed by atoms with E-state index in [1.165, 1.54) is 0 Å². The van der Waals surface area contributed by atoms with Gasteiger partial charge in [-0.3, -0.25) is 0 Å². The van der Waals surface area contributed by atoms with Gasteiger partial charge < -0.3 is 4.74 Å². The van der Waals surface area contributed by atoms with Gasteiger partial charge in [0, 0.05) is 0 Å². The molecule has 0 saturated heterocycles. The Morgan fingerprint density at radius 1 is 1.06 bits per heavy atom. The van der Waals surface area contributed by atoms with Crippen LogP contribution in [-0.4, -0.2) is 13.5 Å². The molecule has 0 saturated carbocycles. The molecular weight excluding hydrogens is 264 g/mol. The van der Waals surface area contributed by atoms with E-state index in [2.05, 4.69) is 9.73 Å². The first-order chi connectivity index (χ1) is 8.16. The third-order valence-electron chi connectivity index (χ3n) is 1.93. The van der Waals surface area contributed by atoms with Crippen molar-refractivity contribution in [1.82, 2.24) is 0 Å². The van der Waals surface area contributed by atoms with Gasteiger partial charge in [-0.2, -0.15) is 26.3 Å². The predicted octanol–water partition coefficient (Wildman–Crippen LogP) is 4.03. The first-order valence-corrected chi connectivity index (χ1v) is 4.50. The minimum Gasteiger partial charge on any atom is -0.486 e. The summed E-state index contributed by atoms with van der Waals surface area (Å²) in [5, 5.41) is 0. The summed E-state index contributed by atoms with van der Waals surface area (Å²) in [7, 11) is 1.12. The van der Waals surface area contributed by atoms with Gasteiger partial charge >= 0.3 is 12.4 Å². The van der Waals surface area contributed by atoms with Crippen LogP contribution >= 0.6 is 0 Å². The zero-order valence-electron chi connectivity index (χ0n) is 8.93. The smallest absolute Gasteiger partial charge is 0.418 e. The first kappa shape index (κ1) is 14.3. The van der Waals surface area contributed by atoms with Crippen molar-refractivity contribution in [3.05, 3.63) is 29.3 Å². The number of benzene rings is 1. The summed E-state index contributed by atoms with van der Waals surface area (Å²) in [6.45, 7) is 0. The van der Waals surface area contributed by atoms with Crippen LogP contribution in [0.5, 0.6) is 0 Å². The molecule has 0 spiro atoms. The number of aliphatic imine (C=N–C) groups is 1. The van der Waals surface area contributed by atoms with Crippen molar-refractivity contribution in [2.45, 2.75) is 12.4 Å². The molecule has 1 rings (SSSR count). The average molecular weight is 271 g/mol. The van der Waals surface area contributed by atoms with Gasteiger partial charge in [0.2, 0.25) is 0 Å². The van der Waals surface area contributed by atoms with Crippen LogP contribution in [0.15, 0.2) is 23.2 Å². The second-order valence-electron chi connectivity index (χ2n) is 3.20. The molecule has 0 aromatic heterocycles. The monoisotopic (exact) mass is 271 g/mol. The zero-order valence-corrected chi connectivity index (χ0v) is 8.93. The van der Waals surface area contributed by atoms with Crippen LogP contribution in [0.4, 0.5) is 32.0 Å². The Morgan fingerprint density at radius 3 is 2.11 bits per heavy atom. The largest absolute Gasteiger partial charge is 0.486 e. The summed E-state index contributed by atoms with van der Waals surface area (Å²) < 4.78 is 78.9. The predicted molar refractivity (Wildman–Crippen MR) is 51.6 cm³/mol. The topological polar surface area (TPSA) is 21.6 Å². The molecule has 1 aromatic rings. The Balaban J connectivity index is 3.34. The number of halogens is 6. The molecule has 0 aliphatic rings. The fraction of sp³-hybridized carbons (Fsp3) is 0.300. The van der Waals surface area contributed by atoms with Gasteiger partial charge in [0.15, 0.2) is 6.40 Å². The summed E-state index contributed by atoms with van der Waals surface area (Å²) in [5.41, 5.74) is -3.32. The highest BCUT2D eigenvalue weighted by Crippen LogP contribution is 2.39. The van der Waals surface area contributed by atoms with E-state index in [4.69, 9.17) is 0 Å². The summed E-state index contributed by atoms with van der Waals surface area (Å²) in [6, 6.07) is 1.01. The van der Waals surface area contributed by atoms with E-state index < -0.39 is 29.2 Å². The second kappa shape index (κ2) is 4.87. The molecule has 2 nitrogen and oxygen atoms in total. The molecule has 1 aromatic carbocycles. The van der Waals surface area contributed by atoms with E-state index in [1.807, 2.05) is 0 Å². The standard InChI is InChI=1S/C10H7F6NO/c1-18-5-17-8-4-6(9(11,12)13)2-3-7(8)10(14,15)16/h2-5H,1H3. The van der Waals surface area contributed by atoms with Crippen LogP contribution in [0.1, 0.15) is 11.1 Å². The maximum absolute atomic E-state index is 12.5. The molecule has 0 fully saturated rings. The summed E-state index contributed by atoms with van der Waals surface area (Å²) >= 11 is 0. The summed E-state index contributed by atoms with van der Waals surface area (Å²) in [6.07, 6.45) is -8.89. The molecule has 0 heterocycles. The summed E-state index contributed by atoms with van der Waals surface area (Å²) in [5.74, 6) is 0. The molecule has 0 N–H and O–H groups in total. The lowest BCUT2D eigenvalue weighted by molar-refractivity contribution is -0.140. The van der Waals surface area contributed by atoms with Crippen LogP contribution in [-0.2, 0) is 17.1 Å². The van der Waals surface area contributed by atoms with Gasteiger partial charge in [-0.25, -0.2) is 4.99 Å². The van der Waals surface area contributed by atoms with Crippen LogP contribution in [0.25, 0.3) is 0 Å². The van der Waals surface area contributed by atoms with Gasteiger partial charge in [0.05, 0.1) is 23.9 Å². The molecule has 100 valence electrons. The highest BCUT2D eigenvalue weighted by molar-refractivity contribution is 5.60. The molecule has 0 atom stereocenters. The molecule has 0 radical (unpaired) electrons. The number of methoxy groups -OCH3 is 1. The highest BCUT2D eigenvalue weighted by Gasteiger charge is 2.37. The molecule has 18 heavy (non-hydrogen) atoms. The van der Waals surface area contributed by atoms with Crippen molar-refractivity contribution in [2.24, 2.45) is 4.99 Å². The lowest BCUT2D eigenvalue weighted by Crippen LogP contribution is -2.09. The molecule has 0 bridgehead atoms. The highest BCUT2D eigenvalue weighted by atomic mass is 19.4. The maximum Gasteiger partial charge on any atom is 0.418 e. The van der Waals surface area contributed by atoms with Crippen molar-refractivity contribution < 1.29 is 31.1 Å². The lowest BCUT2D eigenvalue weighted by atomic mass is 10.1. The Bertz CT molecular complexity index is 449. The second-order valence-corrected chi connectivity index (χ2v) is 3.20. The van der Waals surface area contributed by atoms with Gasteiger partial charge in [0.1, 0.15) is 0 Å². The van der Waals surface area contributed by atoms with E-state index in [0.29, 0.717) is 24.6 Å². The molecule has 0 aliphatic heterocycles. The molecule has 0 amide bonds. The van der Waals surface area contributed by atoms with E-state index in [-0.39, 0.29) is 0 Å². The van der Waals surface area contributed by atoms with E-state index >= 15 is 0 Å². The van der Waals surface area contributed by atoms with Crippen molar-refractivity contribution in [3.63, 3.8) is 0 Å². The van der Waals surface area contributed by atoms with E-state index in [1.54, 1.807) is 0 Å². The Labute approximate surface area is 97.9 Å². The number of alkyl halides is 6. The van der Waals surface area contributed by atoms with Gasteiger partial charge in [0.25, 0.3) is 0 Å². The molecule has 8 heteroatoms. The fourth-order valence-electron chi connectivity index (χ4n) is 1.16. The fourth-order valence-corrected chi connectivity index (χ4v) is 1.16. The minimum atomic E-state index is -4.79. The number of rotatable bonds is 2. The van der Waals surface area contributed by atoms with Gasteiger partial charge in [-0.05, 0) is 18.2 Å². The number of ether oxygens (including phenoxy) is 1. The van der Waals surface area contributed by atoms with Crippen LogP contribution in [0.2, 0.25) is 0 Å². The maximum atomic E-state index is 12.5. The van der Waals surface area contributed by atoms with Crippen molar-refractivity contribution in [1.29, 1.82) is 0 Å². The Hall–Kier alpha value is -1.73. The van der Waals surface area contributed by atoms with E-state index in [0.717, 1.165) is 7.11 Å². The quantitative estimate of drug-likeness (QED) is 0.452. The molecule has 0 unspecified atom stereocenters. The molecule has 0 aliphatic carbocycles. The Morgan fingerprint density at radius 2 is 1.67 bits per heavy atom. The van der Waals surface area contributed by atoms with Crippen molar-refractivity contribution >= 4 is 12.1 Å². The number of hydrogen-bond acceptors (Lipinski definition) is 2. The third kappa shape index (κ3) is 3.38. The zero-order chi connectivity index (χ0) is 14.0. The van der Waals surface area contributed by atoms with E-state index in [9.17, 15) is 26.3 Å². The van der Waals surface area contributed by atoms with Gasteiger partial charge in [-0.1, -0.05) is 0 Å². The van der Waals surface area contributed by atoms with Gasteiger partial charge in [-0.15, -0.1) is 0 Å². The lowest BCUT2D eigenvalue weighted by Gasteiger charge is -2.12. The SMILES string of the molecule is COC=Nc1cc(C(F)(F)F)ccc1C(F)(F)F. The van der Waals surface area contributed by atoms with Crippen LogP contribution < -0.4 is 0 Å². The minimum absolute atomic E-state index is 0.318. The van der Waals surface area contributed by atoms with Crippen LogP contribution in [0.3, 0.4) is 0 Å². The average Bonchev–Trinajstić information content (AvgIpc) is 2.23. The normalized spacial score (nSPS) is 13.1. The molecular formula is C10H7F6NO. The number of hydrogen-bond donors (Lipinski definition) is 0. The number of nitrogens with zero attached hydrogens (tertiary/aromatic N) is 1. The van der Waals surface area contributed by atoms with Crippen molar-refractivity contribution in [3.8, 4) is 0 Å². The van der Waals surface area contributed by atoms with Crippen LogP contribution in [0, 0.1) is 0 Å².